The molecular formula is C12H15N7. The summed E-state index contributed by atoms with van der Waals surface area (Å²) in [7, 11) is 0. The number of hydrogen-bond acceptors (Lipinski definition) is 6. The van der Waals surface area contributed by atoms with E-state index in [0.717, 1.165) is 13.0 Å². The first kappa shape index (κ1) is 12.8. The third kappa shape index (κ3) is 2.33. The maximum absolute atomic E-state index is 7.52. The van der Waals surface area contributed by atoms with E-state index in [1.807, 2.05) is 6.92 Å². The van der Waals surface area contributed by atoms with Gasteiger partial charge in [0.2, 0.25) is 11.8 Å². The van der Waals surface area contributed by atoms with Gasteiger partial charge in [-0.25, -0.2) is 0 Å². The van der Waals surface area contributed by atoms with Gasteiger partial charge in [-0.15, -0.1) is 5.10 Å². The molecule has 0 amide bonds. The van der Waals surface area contributed by atoms with Gasteiger partial charge in [0.15, 0.2) is 5.65 Å². The maximum Gasteiger partial charge on any atom is 0.226 e. The molecule has 19 heavy (non-hydrogen) atoms. The third-order valence-electron chi connectivity index (χ3n) is 2.47. The largest absolute Gasteiger partial charge is 0.369 e. The summed E-state index contributed by atoms with van der Waals surface area (Å²) in [4.78, 5) is 8.48. The highest BCUT2D eigenvalue weighted by Gasteiger charge is 2.14. The Kier molecular flexibility index (Phi) is 3.61. The number of nitrogens with two attached hydrogens (primary N) is 1. The van der Waals surface area contributed by atoms with Crippen molar-refractivity contribution in [3.05, 3.63) is 11.4 Å². The lowest BCUT2D eigenvalue weighted by Gasteiger charge is -2.09. The molecule has 2 rings (SSSR count). The number of rotatable bonds is 4. The van der Waals surface area contributed by atoms with Gasteiger partial charge in [-0.1, -0.05) is 12.8 Å². The lowest BCUT2D eigenvalue weighted by molar-refractivity contribution is 0.918. The van der Waals surface area contributed by atoms with Gasteiger partial charge in [0.05, 0.1) is 5.56 Å². The summed E-state index contributed by atoms with van der Waals surface area (Å²) in [5, 5.41) is 14.8. The first-order valence-corrected chi connectivity index (χ1v) is 5.94. The van der Waals surface area contributed by atoms with E-state index in [1.165, 1.54) is 10.7 Å². The van der Waals surface area contributed by atoms with Gasteiger partial charge in [0.1, 0.15) is 5.82 Å². The summed E-state index contributed by atoms with van der Waals surface area (Å²) in [5.74, 6) is 6.63. The molecule has 0 unspecified atom stereocenters. The maximum atomic E-state index is 7.52. The minimum absolute atomic E-state index is 0.218. The Morgan fingerprint density at radius 2 is 2.26 bits per heavy atom. The molecule has 7 nitrogen and oxygen atoms in total. The highest BCUT2D eigenvalue weighted by Crippen LogP contribution is 2.18. The van der Waals surface area contributed by atoms with Crippen LogP contribution in [0.2, 0.25) is 0 Å². The summed E-state index contributed by atoms with van der Waals surface area (Å²) < 4.78 is 1.40. The average molecular weight is 257 g/mol. The Balaban J connectivity index is 2.65. The Morgan fingerprint density at radius 1 is 1.47 bits per heavy atom. The average Bonchev–Trinajstić information content (AvgIpc) is 2.81. The second-order valence-corrected chi connectivity index (χ2v) is 3.85. The highest BCUT2D eigenvalue weighted by atomic mass is 15.4. The number of anilines is 2. The van der Waals surface area contributed by atoms with Crippen LogP contribution in [0.15, 0.2) is 0 Å². The van der Waals surface area contributed by atoms with E-state index in [0.29, 0.717) is 22.9 Å². The molecule has 98 valence electrons. The molecule has 7 heteroatoms. The Morgan fingerprint density at radius 3 is 2.89 bits per heavy atom. The molecule has 0 bridgehead atoms. The van der Waals surface area contributed by atoms with Crippen LogP contribution in [0.5, 0.6) is 0 Å². The van der Waals surface area contributed by atoms with Crippen LogP contribution in [-0.2, 0) is 0 Å². The molecule has 0 atom stereocenters. The van der Waals surface area contributed by atoms with Gasteiger partial charge >= 0.3 is 0 Å². The first-order valence-electron chi connectivity index (χ1n) is 5.94. The van der Waals surface area contributed by atoms with Gasteiger partial charge in [-0.3, -0.25) is 0 Å². The van der Waals surface area contributed by atoms with Gasteiger partial charge < -0.3 is 16.5 Å². The topological polar surface area (TPSA) is 105 Å². The third-order valence-corrected chi connectivity index (χ3v) is 2.47. The van der Waals surface area contributed by atoms with Crippen molar-refractivity contribution in [1.82, 2.24) is 19.6 Å². The van der Waals surface area contributed by atoms with Crippen LogP contribution in [0.4, 0.5) is 11.8 Å². The number of fused-ring (bicyclic) bond motifs is 1. The van der Waals surface area contributed by atoms with E-state index in [2.05, 4.69) is 32.2 Å². The second kappa shape index (κ2) is 5.35. The van der Waals surface area contributed by atoms with Crippen molar-refractivity contribution in [1.29, 1.82) is 5.41 Å². The van der Waals surface area contributed by atoms with Crippen LogP contribution in [0.1, 0.15) is 31.7 Å². The molecule has 0 saturated heterocycles. The molecule has 2 aromatic rings. The van der Waals surface area contributed by atoms with Crippen LogP contribution in [0.3, 0.4) is 0 Å². The highest BCUT2D eigenvalue weighted by molar-refractivity contribution is 5.92. The molecule has 0 aliphatic rings. The summed E-state index contributed by atoms with van der Waals surface area (Å²) in [6.07, 6.45) is 2.14. The fourth-order valence-corrected chi connectivity index (χ4v) is 1.65. The van der Waals surface area contributed by atoms with Crippen molar-refractivity contribution in [2.45, 2.75) is 20.3 Å². The number of nitrogens with zero attached hydrogens (tertiary/aromatic N) is 4. The SMILES string of the molecule is CC#Cc1nc2c(C=N)c(NCCC)nc(N)n2n1. The number of nitrogens with one attached hydrogen (secondary N) is 2. The molecule has 0 aliphatic carbocycles. The van der Waals surface area contributed by atoms with E-state index in [4.69, 9.17) is 11.1 Å². The zero-order valence-electron chi connectivity index (χ0n) is 10.9. The van der Waals surface area contributed by atoms with Crippen molar-refractivity contribution in [3.63, 3.8) is 0 Å². The van der Waals surface area contributed by atoms with Gasteiger partial charge in [0, 0.05) is 12.8 Å². The minimum atomic E-state index is 0.218. The van der Waals surface area contributed by atoms with Crippen molar-refractivity contribution in [2.75, 3.05) is 17.6 Å². The van der Waals surface area contributed by atoms with Gasteiger partial charge in [0.25, 0.3) is 0 Å². The fraction of sp³-hybridized carbons (Fsp3) is 0.333. The van der Waals surface area contributed by atoms with Gasteiger partial charge in [-0.2, -0.15) is 14.5 Å². The molecule has 0 radical (unpaired) electrons. The summed E-state index contributed by atoms with van der Waals surface area (Å²) in [6.45, 7) is 4.50. The van der Waals surface area contributed by atoms with Crippen molar-refractivity contribution < 1.29 is 0 Å². The first-order chi connectivity index (χ1) is 9.21. The van der Waals surface area contributed by atoms with Crippen molar-refractivity contribution in [3.8, 4) is 11.8 Å². The predicted molar refractivity (Wildman–Crippen MR) is 74.4 cm³/mol. The number of nitrogen functional groups attached to an aromatic ring is 1. The number of aromatic nitrogens is 4. The Labute approximate surface area is 110 Å². The molecule has 4 N–H and O–H groups in total. The van der Waals surface area contributed by atoms with Crippen LogP contribution in [0, 0.1) is 17.3 Å². The molecule has 0 aromatic carbocycles. The lowest BCUT2D eigenvalue weighted by Crippen LogP contribution is -2.11. The summed E-state index contributed by atoms with van der Waals surface area (Å²) in [5.41, 5.74) is 6.89. The lowest BCUT2D eigenvalue weighted by atomic mass is 10.3. The van der Waals surface area contributed by atoms with E-state index in [-0.39, 0.29) is 5.95 Å². The van der Waals surface area contributed by atoms with E-state index >= 15 is 0 Å². The predicted octanol–water partition coefficient (Wildman–Crippen LogP) is 0.897. The molecule has 0 saturated carbocycles. The minimum Gasteiger partial charge on any atom is -0.369 e. The Bertz CT molecular complexity index is 675. The smallest absolute Gasteiger partial charge is 0.226 e. The summed E-state index contributed by atoms with van der Waals surface area (Å²) >= 11 is 0. The zero-order chi connectivity index (χ0) is 13.8. The Hall–Kier alpha value is -2.62. The van der Waals surface area contributed by atoms with Crippen LogP contribution >= 0.6 is 0 Å². The van der Waals surface area contributed by atoms with Crippen molar-refractivity contribution >= 4 is 23.6 Å². The standard InChI is InChI=1S/C12H15N7/c1-3-5-9-16-11-8(7-13)10(15-6-4-2)17-12(14)19(11)18-9/h7,13,15H,4,6H2,1-2H3,(H2,14,17). The quantitative estimate of drug-likeness (QED) is 0.557. The van der Waals surface area contributed by atoms with Crippen LogP contribution < -0.4 is 11.1 Å². The summed E-state index contributed by atoms with van der Waals surface area (Å²) in [6, 6.07) is 0. The van der Waals surface area contributed by atoms with E-state index in [9.17, 15) is 0 Å². The van der Waals surface area contributed by atoms with Gasteiger partial charge in [-0.05, 0) is 19.3 Å². The monoisotopic (exact) mass is 257 g/mol. The molecule has 0 spiro atoms. The van der Waals surface area contributed by atoms with Crippen molar-refractivity contribution in [2.24, 2.45) is 0 Å². The van der Waals surface area contributed by atoms with Crippen LogP contribution in [0.25, 0.3) is 5.65 Å². The molecular weight excluding hydrogens is 242 g/mol. The molecule has 0 aliphatic heterocycles. The molecule has 2 heterocycles. The van der Waals surface area contributed by atoms with Crippen LogP contribution in [-0.4, -0.2) is 32.3 Å². The number of hydrogen-bond donors (Lipinski definition) is 3. The van der Waals surface area contributed by atoms with E-state index < -0.39 is 0 Å². The molecule has 2 aromatic heterocycles. The zero-order valence-corrected chi connectivity index (χ0v) is 10.9. The van der Waals surface area contributed by atoms with E-state index in [1.54, 1.807) is 6.92 Å². The fourth-order valence-electron chi connectivity index (χ4n) is 1.65. The molecule has 0 fully saturated rings. The normalized spacial score (nSPS) is 10.0. The second-order valence-electron chi connectivity index (χ2n) is 3.85.